The smallest absolute Gasteiger partial charge is 0.0722 e. The molecule has 0 bridgehead atoms. The lowest BCUT2D eigenvalue weighted by molar-refractivity contribution is 1.32. The second-order valence-electron chi connectivity index (χ2n) is 15.7. The van der Waals surface area contributed by atoms with Gasteiger partial charge in [-0.3, -0.25) is 0 Å². The van der Waals surface area contributed by atoms with Gasteiger partial charge in [-0.15, -0.1) is 0 Å². The molecule has 62 heavy (non-hydrogen) atoms. The average Bonchev–Trinajstić information content (AvgIpc) is 3.36. The number of benzene rings is 9. The molecule has 0 aliphatic carbocycles. The molecule has 2 nitrogen and oxygen atoms in total. The van der Waals surface area contributed by atoms with Crippen LogP contribution in [0.2, 0.25) is 0 Å². The normalized spacial score (nSPS) is 11.2. The van der Waals surface area contributed by atoms with Crippen molar-refractivity contribution in [1.82, 2.24) is 9.97 Å². The summed E-state index contributed by atoms with van der Waals surface area (Å²) >= 11 is 0. The van der Waals surface area contributed by atoms with E-state index in [9.17, 15) is 0 Å². The van der Waals surface area contributed by atoms with E-state index in [1.165, 1.54) is 38.6 Å². The maximum Gasteiger partial charge on any atom is 0.0722 e. The van der Waals surface area contributed by atoms with E-state index >= 15 is 0 Å². The van der Waals surface area contributed by atoms with Crippen LogP contribution < -0.4 is 0 Å². The molecule has 0 unspecified atom stereocenters. The Bertz CT molecular complexity index is 3280. The van der Waals surface area contributed by atoms with E-state index in [1.807, 2.05) is 0 Å². The van der Waals surface area contributed by atoms with Gasteiger partial charge in [0, 0.05) is 22.1 Å². The van der Waals surface area contributed by atoms with Crippen LogP contribution in [0, 0.1) is 0 Å². The predicted molar refractivity (Wildman–Crippen MR) is 261 cm³/mol. The van der Waals surface area contributed by atoms with Gasteiger partial charge in [0.1, 0.15) is 0 Å². The molecule has 290 valence electrons. The van der Waals surface area contributed by atoms with E-state index in [0.717, 1.165) is 72.5 Å². The van der Waals surface area contributed by atoms with Gasteiger partial charge in [-0.1, -0.05) is 200 Å². The van der Waals surface area contributed by atoms with Crippen LogP contribution in [-0.4, -0.2) is 9.97 Å². The van der Waals surface area contributed by atoms with Gasteiger partial charge in [-0.05, 0) is 109 Å². The van der Waals surface area contributed by atoms with Gasteiger partial charge >= 0.3 is 0 Å². The van der Waals surface area contributed by atoms with Crippen molar-refractivity contribution in [3.8, 4) is 89.4 Å². The Balaban J connectivity index is 1.06. The highest BCUT2D eigenvalue weighted by atomic mass is 14.7. The zero-order valence-corrected chi connectivity index (χ0v) is 34.0. The number of rotatable bonds is 8. The molecule has 11 rings (SSSR count). The Labute approximate surface area is 362 Å². The lowest BCUT2D eigenvalue weighted by Crippen LogP contribution is -1.93. The largest absolute Gasteiger partial charge is 0.248 e. The summed E-state index contributed by atoms with van der Waals surface area (Å²) in [7, 11) is 0. The Morgan fingerprint density at radius 2 is 0.645 bits per heavy atom. The second-order valence-corrected chi connectivity index (χ2v) is 15.7. The van der Waals surface area contributed by atoms with Crippen molar-refractivity contribution in [3.63, 3.8) is 0 Å². The van der Waals surface area contributed by atoms with Gasteiger partial charge in [0.15, 0.2) is 0 Å². The maximum atomic E-state index is 5.37. The fourth-order valence-electron chi connectivity index (χ4n) is 8.78. The second kappa shape index (κ2) is 16.1. The summed E-state index contributed by atoms with van der Waals surface area (Å²) in [6, 6.07) is 86.5. The lowest BCUT2D eigenvalue weighted by Gasteiger charge is -2.16. The number of hydrogen-bond acceptors (Lipinski definition) is 2. The van der Waals surface area contributed by atoms with E-state index in [1.54, 1.807) is 0 Å². The Hall–Kier alpha value is -8.20. The van der Waals surface area contributed by atoms with Crippen LogP contribution in [0.1, 0.15) is 0 Å². The number of pyridine rings is 2. The zero-order chi connectivity index (χ0) is 41.2. The molecule has 0 amide bonds. The zero-order valence-electron chi connectivity index (χ0n) is 34.0. The molecule has 2 aromatic heterocycles. The Morgan fingerprint density at radius 1 is 0.210 bits per heavy atom. The van der Waals surface area contributed by atoms with E-state index in [0.29, 0.717) is 0 Å². The minimum Gasteiger partial charge on any atom is -0.248 e. The molecule has 11 aromatic rings. The van der Waals surface area contributed by atoms with Gasteiger partial charge in [0.05, 0.1) is 22.6 Å². The Kier molecular flexibility index (Phi) is 9.57. The molecule has 0 aliphatic rings. The molecule has 2 heteroatoms. The maximum absolute atomic E-state index is 5.37. The predicted octanol–water partition coefficient (Wildman–Crippen LogP) is 16.1. The third-order valence-electron chi connectivity index (χ3n) is 11.8. The molecule has 0 fully saturated rings. The van der Waals surface area contributed by atoms with Gasteiger partial charge in [-0.25, -0.2) is 9.97 Å². The number of aromatic nitrogens is 2. The summed E-state index contributed by atoms with van der Waals surface area (Å²) < 4.78 is 0. The summed E-state index contributed by atoms with van der Waals surface area (Å²) in [5, 5.41) is 3.53. The highest BCUT2D eigenvalue weighted by Crippen LogP contribution is 2.41. The van der Waals surface area contributed by atoms with Crippen LogP contribution in [0.25, 0.3) is 111 Å². The topological polar surface area (TPSA) is 25.8 Å². The van der Waals surface area contributed by atoms with Crippen molar-refractivity contribution >= 4 is 21.7 Å². The number of hydrogen-bond donors (Lipinski definition) is 0. The molecule has 0 aliphatic heterocycles. The first-order valence-corrected chi connectivity index (χ1v) is 21.1. The van der Waals surface area contributed by atoms with Crippen molar-refractivity contribution in [1.29, 1.82) is 0 Å². The van der Waals surface area contributed by atoms with Crippen LogP contribution in [0.3, 0.4) is 0 Å². The summed E-state index contributed by atoms with van der Waals surface area (Å²) in [5.74, 6) is 0. The fourth-order valence-corrected chi connectivity index (χ4v) is 8.78. The quantitative estimate of drug-likeness (QED) is 0.143. The molecule has 9 aromatic carbocycles. The molecule has 0 spiro atoms. The van der Waals surface area contributed by atoms with Crippen LogP contribution >= 0.6 is 0 Å². The van der Waals surface area contributed by atoms with E-state index < -0.39 is 0 Å². The van der Waals surface area contributed by atoms with Crippen molar-refractivity contribution in [2.75, 3.05) is 0 Å². The number of fused-ring (bicyclic) bond motifs is 3. The van der Waals surface area contributed by atoms with Crippen LogP contribution in [-0.2, 0) is 0 Å². The van der Waals surface area contributed by atoms with Gasteiger partial charge < -0.3 is 0 Å². The molecule has 0 saturated heterocycles. The molecule has 2 heterocycles. The molecular weight excluding hydrogens is 749 g/mol. The minimum absolute atomic E-state index is 0.929. The van der Waals surface area contributed by atoms with Crippen molar-refractivity contribution in [2.45, 2.75) is 0 Å². The highest BCUT2D eigenvalue weighted by Gasteiger charge is 2.16. The van der Waals surface area contributed by atoms with Crippen LogP contribution in [0.15, 0.2) is 243 Å². The monoisotopic (exact) mass is 788 g/mol. The molecule has 0 radical (unpaired) electrons. The summed E-state index contributed by atoms with van der Waals surface area (Å²) in [4.78, 5) is 10.6. The molecule has 0 atom stereocenters. The first-order chi connectivity index (χ1) is 30.7. The number of nitrogens with zero attached hydrogens (tertiary/aromatic N) is 2. The van der Waals surface area contributed by atoms with Crippen molar-refractivity contribution in [2.24, 2.45) is 0 Å². The third kappa shape index (κ3) is 7.14. The summed E-state index contributed by atoms with van der Waals surface area (Å²) in [5.41, 5.74) is 18.7. The van der Waals surface area contributed by atoms with Crippen LogP contribution in [0.5, 0.6) is 0 Å². The fraction of sp³-hybridized carbons (Fsp3) is 0. The van der Waals surface area contributed by atoms with E-state index in [2.05, 4.69) is 243 Å². The lowest BCUT2D eigenvalue weighted by atomic mass is 9.90. The standard InChI is InChI=1S/C60H40N2/c1-5-17-41(18-6-1)45-25-14-29-49(36-45)57-38-51(39-58(62-57)50-30-15-26-46(37-50)42-19-7-2-8-20-42)47-27-13-28-48(35-47)52-31-16-32-54-53(52)33-34-56-60(54)55(43-21-9-3-10-22-43)40-59(61-56)44-23-11-4-12-24-44/h1-40H. The van der Waals surface area contributed by atoms with E-state index in [4.69, 9.17) is 9.97 Å². The van der Waals surface area contributed by atoms with Gasteiger partial charge in [0.25, 0.3) is 0 Å². The van der Waals surface area contributed by atoms with Gasteiger partial charge in [-0.2, -0.15) is 0 Å². The average molecular weight is 789 g/mol. The van der Waals surface area contributed by atoms with E-state index in [-0.39, 0.29) is 0 Å². The van der Waals surface area contributed by atoms with Crippen molar-refractivity contribution in [3.05, 3.63) is 243 Å². The third-order valence-corrected chi connectivity index (χ3v) is 11.8. The van der Waals surface area contributed by atoms with Crippen LogP contribution in [0.4, 0.5) is 0 Å². The molecule has 0 N–H and O–H groups in total. The highest BCUT2D eigenvalue weighted by molar-refractivity contribution is 6.17. The summed E-state index contributed by atoms with van der Waals surface area (Å²) in [6.07, 6.45) is 0. The summed E-state index contributed by atoms with van der Waals surface area (Å²) in [6.45, 7) is 0. The first kappa shape index (κ1) is 36.8. The Morgan fingerprint density at radius 3 is 1.23 bits per heavy atom. The molecular formula is C60H40N2. The SMILES string of the molecule is c1ccc(-c2cccc(-c3cc(-c4cccc(-c5cccc6c5ccc5nc(-c7ccccc7)cc(-c7ccccc7)c56)c4)cc(-c4cccc(-c5ccccc5)c4)n3)c2)cc1. The minimum atomic E-state index is 0.929. The van der Waals surface area contributed by atoms with Crippen molar-refractivity contribution < 1.29 is 0 Å². The first-order valence-electron chi connectivity index (χ1n) is 21.1. The van der Waals surface area contributed by atoms with Gasteiger partial charge in [0.2, 0.25) is 0 Å². The molecule has 0 saturated carbocycles.